The zero-order chi connectivity index (χ0) is 17.1. The van der Waals surface area contributed by atoms with Crippen molar-refractivity contribution in [2.45, 2.75) is 25.4 Å². The summed E-state index contributed by atoms with van der Waals surface area (Å²) in [4.78, 5) is 21.8. The highest BCUT2D eigenvalue weighted by molar-refractivity contribution is 7.08. The largest absolute Gasteiger partial charge is 0.379 e. The van der Waals surface area contributed by atoms with E-state index < -0.39 is 0 Å². The maximum absolute atomic E-state index is 12.7. The molecular weight excluding hydrogens is 334 g/mol. The maximum atomic E-state index is 12.7. The van der Waals surface area contributed by atoms with Gasteiger partial charge in [0.1, 0.15) is 0 Å². The number of ether oxygens (including phenoxy) is 1. The Morgan fingerprint density at radius 3 is 2.84 bits per heavy atom. The Hall–Kier alpha value is -1.76. The number of carbonyl (C=O) groups is 1. The summed E-state index contributed by atoms with van der Waals surface area (Å²) < 4.78 is 5.39. The second-order valence-corrected chi connectivity index (χ2v) is 7.43. The van der Waals surface area contributed by atoms with E-state index >= 15 is 0 Å². The summed E-state index contributed by atoms with van der Waals surface area (Å²) in [6.45, 7) is 5.32. The predicted octanol–water partition coefficient (Wildman–Crippen LogP) is 2.95. The minimum atomic E-state index is 0.102. The van der Waals surface area contributed by atoms with Gasteiger partial charge < -0.3 is 9.64 Å². The Kier molecular flexibility index (Phi) is 5.10. The van der Waals surface area contributed by atoms with Crippen molar-refractivity contribution < 1.29 is 9.53 Å². The molecule has 2 aromatic rings. The molecule has 25 heavy (non-hydrogen) atoms. The number of aromatic nitrogens is 1. The first-order valence-electron chi connectivity index (χ1n) is 8.89. The van der Waals surface area contributed by atoms with Crippen molar-refractivity contribution >= 4 is 17.2 Å². The average Bonchev–Trinajstić information content (AvgIpc) is 3.35. The van der Waals surface area contributed by atoms with Crippen LogP contribution in [0.25, 0.3) is 0 Å². The molecule has 1 atom stereocenters. The molecule has 2 aromatic heterocycles. The number of hydrogen-bond acceptors (Lipinski definition) is 5. The van der Waals surface area contributed by atoms with Gasteiger partial charge in [0.15, 0.2) is 0 Å². The standard InChI is InChI=1S/C19H23N3O2S/c23-19(16-5-11-25-14-16)22-6-1-2-18(22)17-4-3-15(12-20-17)13-21-7-9-24-10-8-21/h3-5,11-12,14,18H,1-2,6-10,13H2. The minimum Gasteiger partial charge on any atom is -0.379 e. The van der Waals surface area contributed by atoms with Gasteiger partial charge in [-0.25, -0.2) is 0 Å². The summed E-state index contributed by atoms with van der Waals surface area (Å²) in [6.07, 6.45) is 4.00. The Balaban J connectivity index is 1.44. The fourth-order valence-corrected chi connectivity index (χ4v) is 4.24. The van der Waals surface area contributed by atoms with E-state index in [1.165, 1.54) is 5.56 Å². The molecule has 0 radical (unpaired) electrons. The lowest BCUT2D eigenvalue weighted by Gasteiger charge is -2.27. The van der Waals surface area contributed by atoms with Crippen molar-refractivity contribution in [3.8, 4) is 0 Å². The van der Waals surface area contributed by atoms with E-state index in [2.05, 4.69) is 17.0 Å². The van der Waals surface area contributed by atoms with Crippen molar-refractivity contribution in [2.75, 3.05) is 32.8 Å². The normalized spacial score (nSPS) is 21.6. The summed E-state index contributed by atoms with van der Waals surface area (Å²) >= 11 is 1.57. The number of amides is 1. The highest BCUT2D eigenvalue weighted by Gasteiger charge is 2.31. The molecule has 2 aliphatic heterocycles. The molecule has 2 saturated heterocycles. The molecule has 1 amide bonds. The summed E-state index contributed by atoms with van der Waals surface area (Å²) in [5.74, 6) is 0.128. The molecule has 1 unspecified atom stereocenters. The van der Waals surface area contributed by atoms with E-state index in [4.69, 9.17) is 9.72 Å². The van der Waals surface area contributed by atoms with Crippen LogP contribution in [0.15, 0.2) is 35.2 Å². The number of pyridine rings is 1. The molecule has 0 aliphatic carbocycles. The lowest BCUT2D eigenvalue weighted by molar-refractivity contribution is 0.0341. The lowest BCUT2D eigenvalue weighted by Crippen LogP contribution is -2.35. The molecule has 2 aliphatic rings. The van der Waals surface area contributed by atoms with Crippen molar-refractivity contribution in [1.82, 2.24) is 14.8 Å². The maximum Gasteiger partial charge on any atom is 0.255 e. The monoisotopic (exact) mass is 357 g/mol. The molecule has 2 fully saturated rings. The van der Waals surface area contributed by atoms with Crippen LogP contribution in [-0.2, 0) is 11.3 Å². The van der Waals surface area contributed by atoms with Gasteiger partial charge in [0.25, 0.3) is 5.91 Å². The first kappa shape index (κ1) is 16.7. The van der Waals surface area contributed by atoms with Gasteiger partial charge in [0.05, 0.1) is 30.5 Å². The van der Waals surface area contributed by atoms with Gasteiger partial charge in [-0.3, -0.25) is 14.7 Å². The van der Waals surface area contributed by atoms with Gasteiger partial charge >= 0.3 is 0 Å². The van der Waals surface area contributed by atoms with Crippen LogP contribution in [0.4, 0.5) is 0 Å². The van der Waals surface area contributed by atoms with Gasteiger partial charge in [0, 0.05) is 37.8 Å². The summed E-state index contributed by atoms with van der Waals surface area (Å²) in [5.41, 5.74) is 3.02. The molecule has 4 heterocycles. The third kappa shape index (κ3) is 3.76. The van der Waals surface area contributed by atoms with E-state index in [0.717, 1.165) is 63.5 Å². The van der Waals surface area contributed by atoms with E-state index in [1.54, 1.807) is 11.3 Å². The highest BCUT2D eigenvalue weighted by Crippen LogP contribution is 2.32. The first-order valence-corrected chi connectivity index (χ1v) is 9.83. The average molecular weight is 357 g/mol. The number of carbonyl (C=O) groups excluding carboxylic acids is 1. The van der Waals surface area contributed by atoms with Gasteiger partial charge in [-0.2, -0.15) is 11.3 Å². The Morgan fingerprint density at radius 1 is 1.24 bits per heavy atom. The van der Waals surface area contributed by atoms with Crippen LogP contribution in [-0.4, -0.2) is 53.5 Å². The van der Waals surface area contributed by atoms with E-state index in [9.17, 15) is 4.79 Å². The highest BCUT2D eigenvalue weighted by atomic mass is 32.1. The van der Waals surface area contributed by atoms with Gasteiger partial charge in [-0.1, -0.05) is 6.07 Å². The molecule has 4 rings (SSSR count). The summed E-state index contributed by atoms with van der Waals surface area (Å²) in [7, 11) is 0. The molecule has 0 saturated carbocycles. The number of morpholine rings is 1. The van der Waals surface area contributed by atoms with Crippen molar-refractivity contribution in [2.24, 2.45) is 0 Å². The van der Waals surface area contributed by atoms with E-state index in [1.807, 2.05) is 27.9 Å². The Bertz CT molecular complexity index is 696. The third-order valence-electron chi connectivity index (χ3n) is 4.98. The van der Waals surface area contributed by atoms with Crippen molar-refractivity contribution in [3.63, 3.8) is 0 Å². The minimum absolute atomic E-state index is 0.102. The molecule has 0 aromatic carbocycles. The number of thiophene rings is 1. The van der Waals surface area contributed by atoms with Crippen LogP contribution in [0, 0.1) is 0 Å². The fraction of sp³-hybridized carbons (Fsp3) is 0.474. The summed E-state index contributed by atoms with van der Waals surface area (Å²) in [5, 5.41) is 3.88. The SMILES string of the molecule is O=C(c1ccsc1)N1CCCC1c1ccc(CN2CCOCC2)cn1. The number of nitrogens with zero attached hydrogens (tertiary/aromatic N) is 3. The smallest absolute Gasteiger partial charge is 0.255 e. The third-order valence-corrected chi connectivity index (χ3v) is 5.66. The summed E-state index contributed by atoms with van der Waals surface area (Å²) in [6, 6.07) is 6.26. The molecule has 0 bridgehead atoms. The van der Waals surface area contributed by atoms with Gasteiger partial charge in [0.2, 0.25) is 0 Å². The zero-order valence-corrected chi connectivity index (χ0v) is 15.1. The molecule has 6 heteroatoms. The zero-order valence-electron chi connectivity index (χ0n) is 14.3. The van der Waals surface area contributed by atoms with Crippen molar-refractivity contribution in [1.29, 1.82) is 0 Å². The molecular formula is C19H23N3O2S. The van der Waals surface area contributed by atoms with Gasteiger partial charge in [-0.05, 0) is 35.9 Å². The topological polar surface area (TPSA) is 45.7 Å². The lowest BCUT2D eigenvalue weighted by atomic mass is 10.1. The van der Waals surface area contributed by atoms with Crippen LogP contribution in [0.1, 0.15) is 40.5 Å². The number of rotatable bonds is 4. The molecule has 0 N–H and O–H groups in total. The van der Waals surface area contributed by atoms with Crippen LogP contribution in [0.5, 0.6) is 0 Å². The molecule has 0 spiro atoms. The Labute approximate surface area is 152 Å². The Morgan fingerprint density at radius 2 is 2.12 bits per heavy atom. The second kappa shape index (κ2) is 7.64. The fourth-order valence-electron chi connectivity index (χ4n) is 3.61. The predicted molar refractivity (Wildman–Crippen MR) is 97.7 cm³/mol. The number of likely N-dealkylation sites (tertiary alicyclic amines) is 1. The quantitative estimate of drug-likeness (QED) is 0.844. The second-order valence-electron chi connectivity index (χ2n) is 6.65. The molecule has 5 nitrogen and oxygen atoms in total. The first-order chi connectivity index (χ1) is 12.3. The van der Waals surface area contributed by atoms with Crippen LogP contribution in [0.2, 0.25) is 0 Å². The van der Waals surface area contributed by atoms with Crippen LogP contribution >= 0.6 is 11.3 Å². The van der Waals surface area contributed by atoms with Crippen LogP contribution < -0.4 is 0 Å². The van der Waals surface area contributed by atoms with E-state index in [-0.39, 0.29) is 11.9 Å². The van der Waals surface area contributed by atoms with Gasteiger partial charge in [-0.15, -0.1) is 0 Å². The van der Waals surface area contributed by atoms with E-state index in [0.29, 0.717) is 0 Å². The number of hydrogen-bond donors (Lipinski definition) is 0. The van der Waals surface area contributed by atoms with Crippen LogP contribution in [0.3, 0.4) is 0 Å². The molecule has 132 valence electrons. The van der Waals surface area contributed by atoms with Crippen molar-refractivity contribution in [3.05, 3.63) is 52.0 Å².